The van der Waals surface area contributed by atoms with Gasteiger partial charge < -0.3 is 20.5 Å². The fraction of sp³-hybridized carbons (Fsp3) is 0.625. The zero-order valence-electron chi connectivity index (χ0n) is 15.0. The average Bonchev–Trinajstić information content (AvgIpc) is 2.40. The average molecular weight is 340 g/mol. The van der Waals surface area contributed by atoms with Gasteiger partial charge in [-0.25, -0.2) is 14.8 Å². The number of anilines is 1. The van der Waals surface area contributed by atoms with Crippen LogP contribution in [0.2, 0.25) is 0 Å². The van der Waals surface area contributed by atoms with E-state index in [1.807, 2.05) is 33.8 Å². The lowest BCUT2D eigenvalue weighted by Gasteiger charge is -2.19. The van der Waals surface area contributed by atoms with Crippen LogP contribution >= 0.6 is 0 Å². The lowest BCUT2D eigenvalue weighted by molar-refractivity contribution is -0.134. The Labute approximate surface area is 143 Å². The third-order valence-electron chi connectivity index (χ3n) is 2.35. The van der Waals surface area contributed by atoms with Gasteiger partial charge in [0.25, 0.3) is 5.97 Å². The van der Waals surface area contributed by atoms with Gasteiger partial charge in [-0.15, -0.1) is 0 Å². The van der Waals surface area contributed by atoms with Crippen molar-refractivity contribution in [3.8, 4) is 0 Å². The minimum absolute atomic E-state index is 0.364. The fourth-order valence-corrected chi connectivity index (χ4v) is 1.53. The largest absolute Gasteiger partial charge is 0.481 e. The first-order valence-electron chi connectivity index (χ1n) is 7.80. The standard InChI is InChI=1S/C14H24N4O2.C2H4O2/c1-11-15-10-7-12(18-11)16-8-5-6-9-17-13(19)20-14(2,3)4;1-2(3)4/h7,10H,5-6,8-9H2,1-4H3,(H,17,19)(H,15,16,18);1H3,(H,3,4). The molecule has 3 N–H and O–H groups in total. The number of carboxylic acids is 1. The highest BCUT2D eigenvalue weighted by Gasteiger charge is 2.15. The number of rotatable bonds is 6. The summed E-state index contributed by atoms with van der Waals surface area (Å²) in [5.41, 5.74) is -0.448. The minimum atomic E-state index is -0.833. The second-order valence-electron chi connectivity index (χ2n) is 6.07. The molecule has 0 aromatic carbocycles. The number of amides is 1. The number of carbonyl (C=O) groups is 2. The maximum absolute atomic E-state index is 11.4. The molecule has 0 spiro atoms. The molecule has 1 aromatic rings. The molecule has 0 saturated carbocycles. The van der Waals surface area contributed by atoms with Gasteiger partial charge in [0.2, 0.25) is 0 Å². The second-order valence-corrected chi connectivity index (χ2v) is 6.07. The normalized spacial score (nSPS) is 10.2. The molecule has 0 bridgehead atoms. The number of alkyl carbamates (subject to hydrolysis) is 1. The van der Waals surface area contributed by atoms with Crippen LogP contribution in [0.5, 0.6) is 0 Å². The number of nitrogens with one attached hydrogen (secondary N) is 2. The van der Waals surface area contributed by atoms with Gasteiger partial charge in [-0.2, -0.15) is 0 Å². The van der Waals surface area contributed by atoms with Crippen molar-refractivity contribution >= 4 is 17.9 Å². The van der Waals surface area contributed by atoms with Crippen LogP contribution in [0.15, 0.2) is 12.3 Å². The van der Waals surface area contributed by atoms with Gasteiger partial charge in [0.15, 0.2) is 0 Å². The third-order valence-corrected chi connectivity index (χ3v) is 2.35. The van der Waals surface area contributed by atoms with Gasteiger partial charge in [-0.05, 0) is 46.6 Å². The molecule has 8 nitrogen and oxygen atoms in total. The zero-order valence-corrected chi connectivity index (χ0v) is 15.0. The highest BCUT2D eigenvalue weighted by Crippen LogP contribution is 2.06. The van der Waals surface area contributed by atoms with Crippen molar-refractivity contribution in [2.24, 2.45) is 0 Å². The molecule has 0 fully saturated rings. The van der Waals surface area contributed by atoms with E-state index in [9.17, 15) is 4.79 Å². The summed E-state index contributed by atoms with van der Waals surface area (Å²) in [5.74, 6) is 0.749. The summed E-state index contributed by atoms with van der Waals surface area (Å²) in [6.45, 7) is 9.91. The molecule has 0 saturated heterocycles. The van der Waals surface area contributed by atoms with Crippen molar-refractivity contribution in [2.75, 3.05) is 18.4 Å². The highest BCUT2D eigenvalue weighted by molar-refractivity contribution is 5.67. The molecular formula is C16H28N4O4. The van der Waals surface area contributed by atoms with E-state index in [-0.39, 0.29) is 6.09 Å². The molecule has 0 atom stereocenters. The van der Waals surface area contributed by atoms with E-state index in [1.165, 1.54) is 0 Å². The SMILES string of the molecule is CC(=O)O.Cc1nccc(NCCCCNC(=O)OC(C)(C)C)n1. The lowest BCUT2D eigenvalue weighted by atomic mass is 10.2. The van der Waals surface area contributed by atoms with E-state index < -0.39 is 11.6 Å². The van der Waals surface area contributed by atoms with Gasteiger partial charge >= 0.3 is 6.09 Å². The summed E-state index contributed by atoms with van der Waals surface area (Å²) in [6.07, 6.45) is 3.20. The monoisotopic (exact) mass is 340 g/mol. The van der Waals surface area contributed by atoms with Crippen LogP contribution in [0.4, 0.5) is 10.6 Å². The van der Waals surface area contributed by atoms with E-state index in [0.29, 0.717) is 6.54 Å². The molecule has 1 amide bonds. The summed E-state index contributed by atoms with van der Waals surface area (Å²) >= 11 is 0. The molecule has 1 rings (SSSR count). The predicted octanol–water partition coefficient (Wildman–Crippen LogP) is 2.59. The third kappa shape index (κ3) is 14.6. The Hall–Kier alpha value is -2.38. The number of hydrogen-bond acceptors (Lipinski definition) is 6. The van der Waals surface area contributed by atoms with Crippen molar-refractivity contribution in [3.05, 3.63) is 18.1 Å². The molecule has 0 radical (unpaired) electrons. The first kappa shape index (κ1) is 21.6. The molecule has 0 aliphatic rings. The number of aliphatic carboxylic acids is 1. The Morgan fingerprint density at radius 2 is 1.83 bits per heavy atom. The summed E-state index contributed by atoms with van der Waals surface area (Å²) < 4.78 is 5.14. The molecular weight excluding hydrogens is 312 g/mol. The Kier molecular flexibility index (Phi) is 10.1. The predicted molar refractivity (Wildman–Crippen MR) is 92.0 cm³/mol. The van der Waals surface area contributed by atoms with E-state index in [0.717, 1.165) is 38.0 Å². The second kappa shape index (κ2) is 11.2. The maximum Gasteiger partial charge on any atom is 0.407 e. The van der Waals surface area contributed by atoms with Gasteiger partial charge in [-0.3, -0.25) is 4.79 Å². The Morgan fingerprint density at radius 1 is 1.25 bits per heavy atom. The van der Waals surface area contributed by atoms with Crippen LogP contribution in [0.1, 0.15) is 46.4 Å². The summed E-state index contributed by atoms with van der Waals surface area (Å²) in [6, 6.07) is 1.84. The molecule has 0 aliphatic heterocycles. The number of ether oxygens (including phenoxy) is 1. The summed E-state index contributed by atoms with van der Waals surface area (Å²) in [4.78, 5) is 28.7. The molecule has 0 unspecified atom stereocenters. The number of carbonyl (C=O) groups excluding carboxylic acids is 1. The zero-order chi connectivity index (χ0) is 18.6. The van der Waals surface area contributed by atoms with Crippen LogP contribution in [0.3, 0.4) is 0 Å². The van der Waals surface area contributed by atoms with E-state index in [2.05, 4.69) is 20.6 Å². The lowest BCUT2D eigenvalue weighted by Crippen LogP contribution is -2.33. The number of hydrogen-bond donors (Lipinski definition) is 3. The molecule has 8 heteroatoms. The Balaban J connectivity index is 0.00000118. The van der Waals surface area contributed by atoms with Crippen molar-refractivity contribution in [2.45, 2.75) is 53.1 Å². The topological polar surface area (TPSA) is 113 Å². The number of aryl methyl sites for hydroxylation is 1. The first-order chi connectivity index (χ1) is 11.1. The Bertz CT molecular complexity index is 511. The fourth-order valence-electron chi connectivity index (χ4n) is 1.53. The molecule has 1 aromatic heterocycles. The number of unbranched alkanes of at least 4 members (excludes halogenated alkanes) is 1. The summed E-state index contributed by atoms with van der Waals surface area (Å²) in [7, 11) is 0. The Morgan fingerprint density at radius 3 is 2.38 bits per heavy atom. The van der Waals surface area contributed by atoms with Crippen molar-refractivity contribution < 1.29 is 19.4 Å². The number of aromatic nitrogens is 2. The highest BCUT2D eigenvalue weighted by atomic mass is 16.6. The molecule has 0 aliphatic carbocycles. The van der Waals surface area contributed by atoms with Crippen molar-refractivity contribution in [3.63, 3.8) is 0 Å². The molecule has 1 heterocycles. The van der Waals surface area contributed by atoms with E-state index >= 15 is 0 Å². The van der Waals surface area contributed by atoms with Crippen LogP contribution < -0.4 is 10.6 Å². The van der Waals surface area contributed by atoms with Gasteiger partial charge in [0.1, 0.15) is 17.2 Å². The molecule has 24 heavy (non-hydrogen) atoms. The molecule has 136 valence electrons. The quantitative estimate of drug-likeness (QED) is 0.682. The smallest absolute Gasteiger partial charge is 0.407 e. The van der Waals surface area contributed by atoms with Gasteiger partial charge in [0.05, 0.1) is 0 Å². The maximum atomic E-state index is 11.4. The van der Waals surface area contributed by atoms with Crippen LogP contribution in [-0.4, -0.2) is 45.8 Å². The van der Waals surface area contributed by atoms with Crippen molar-refractivity contribution in [1.82, 2.24) is 15.3 Å². The van der Waals surface area contributed by atoms with Gasteiger partial charge in [-0.1, -0.05) is 0 Å². The number of carboxylic acid groups (broad SMARTS) is 1. The minimum Gasteiger partial charge on any atom is -0.481 e. The van der Waals surface area contributed by atoms with Gasteiger partial charge in [0, 0.05) is 26.2 Å². The first-order valence-corrected chi connectivity index (χ1v) is 7.80. The van der Waals surface area contributed by atoms with E-state index in [1.54, 1.807) is 6.20 Å². The van der Waals surface area contributed by atoms with Crippen LogP contribution in [-0.2, 0) is 9.53 Å². The number of nitrogens with zero attached hydrogens (tertiary/aromatic N) is 2. The van der Waals surface area contributed by atoms with Crippen LogP contribution in [0, 0.1) is 6.92 Å². The van der Waals surface area contributed by atoms with E-state index in [4.69, 9.17) is 14.6 Å². The van der Waals surface area contributed by atoms with Crippen LogP contribution in [0.25, 0.3) is 0 Å². The van der Waals surface area contributed by atoms with Crippen molar-refractivity contribution in [1.29, 1.82) is 0 Å². The summed E-state index contributed by atoms with van der Waals surface area (Å²) in [5, 5.41) is 13.4.